The molecule has 1 aromatic heterocycles. The lowest BCUT2D eigenvalue weighted by Gasteiger charge is -2.36. The van der Waals surface area contributed by atoms with E-state index in [0.717, 1.165) is 71.5 Å². The molecule has 1 N–H and O–H groups in total. The summed E-state index contributed by atoms with van der Waals surface area (Å²) in [7, 11) is 0. The molecule has 8 heteroatoms. The van der Waals surface area contributed by atoms with Crippen LogP contribution in [-0.2, 0) is 13.0 Å². The van der Waals surface area contributed by atoms with Gasteiger partial charge in [0.2, 0.25) is 5.89 Å². The van der Waals surface area contributed by atoms with E-state index in [9.17, 15) is 9.90 Å². The Balaban J connectivity index is 1.22. The van der Waals surface area contributed by atoms with Crippen molar-refractivity contribution < 1.29 is 14.3 Å². The SMILES string of the molecule is CCCC[C@@H](O)CN1CCN(Cc2nc(C(=O)N3CCN(c4ccccc4CC)CC3)co2)CC1. The number of aliphatic hydroxyl groups excluding tert-OH is 1. The molecule has 4 rings (SSSR count). The molecule has 1 atom stereocenters. The summed E-state index contributed by atoms with van der Waals surface area (Å²) < 4.78 is 5.67. The number of para-hydroxylation sites is 1. The molecule has 0 radical (unpaired) electrons. The highest BCUT2D eigenvalue weighted by molar-refractivity contribution is 5.92. The van der Waals surface area contributed by atoms with Crippen molar-refractivity contribution >= 4 is 11.6 Å². The maximum absolute atomic E-state index is 13.0. The number of aromatic nitrogens is 1. The molecule has 0 bridgehead atoms. The van der Waals surface area contributed by atoms with Crippen molar-refractivity contribution in [3.63, 3.8) is 0 Å². The first-order valence-electron chi connectivity index (χ1n) is 13.3. The number of carbonyl (C=O) groups is 1. The van der Waals surface area contributed by atoms with E-state index in [1.165, 1.54) is 17.5 Å². The van der Waals surface area contributed by atoms with Crippen LogP contribution in [0.2, 0.25) is 0 Å². The molecule has 1 amide bonds. The molecule has 192 valence electrons. The third kappa shape index (κ3) is 6.84. The van der Waals surface area contributed by atoms with Crippen molar-refractivity contribution in [1.82, 2.24) is 19.7 Å². The highest BCUT2D eigenvalue weighted by Crippen LogP contribution is 2.23. The predicted octanol–water partition coefficient (Wildman–Crippen LogP) is 2.87. The van der Waals surface area contributed by atoms with Crippen LogP contribution in [0.15, 0.2) is 34.9 Å². The molecule has 35 heavy (non-hydrogen) atoms. The van der Waals surface area contributed by atoms with Crippen LogP contribution >= 0.6 is 0 Å². The van der Waals surface area contributed by atoms with Crippen molar-refractivity contribution in [2.45, 2.75) is 52.2 Å². The van der Waals surface area contributed by atoms with Gasteiger partial charge in [-0.05, 0) is 24.5 Å². The first-order chi connectivity index (χ1) is 17.1. The van der Waals surface area contributed by atoms with Gasteiger partial charge in [0.1, 0.15) is 6.26 Å². The number of aryl methyl sites for hydroxylation is 1. The Bertz CT molecular complexity index is 932. The number of benzene rings is 1. The Labute approximate surface area is 209 Å². The molecule has 3 heterocycles. The number of β-amino-alcohol motifs (C(OH)–C–C–N with tert-alkyl or cyclic N) is 1. The predicted molar refractivity (Wildman–Crippen MR) is 138 cm³/mol. The number of rotatable bonds is 10. The molecule has 2 aliphatic heterocycles. The number of hydrogen-bond donors (Lipinski definition) is 1. The Morgan fingerprint density at radius 3 is 2.46 bits per heavy atom. The summed E-state index contributed by atoms with van der Waals surface area (Å²) in [5.41, 5.74) is 3.03. The molecule has 1 aromatic carbocycles. The minimum Gasteiger partial charge on any atom is -0.447 e. The van der Waals surface area contributed by atoms with Crippen LogP contribution in [-0.4, -0.2) is 95.7 Å². The van der Waals surface area contributed by atoms with E-state index in [4.69, 9.17) is 4.42 Å². The van der Waals surface area contributed by atoms with Gasteiger partial charge in [-0.3, -0.25) is 14.6 Å². The number of carbonyl (C=O) groups excluding carboxylic acids is 1. The van der Waals surface area contributed by atoms with Gasteiger partial charge in [0.15, 0.2) is 5.69 Å². The van der Waals surface area contributed by atoms with Crippen molar-refractivity contribution in [2.75, 3.05) is 63.8 Å². The molecule has 0 unspecified atom stereocenters. The summed E-state index contributed by atoms with van der Waals surface area (Å²) >= 11 is 0. The van der Waals surface area contributed by atoms with Crippen molar-refractivity contribution in [1.29, 1.82) is 0 Å². The van der Waals surface area contributed by atoms with Gasteiger partial charge in [0.25, 0.3) is 5.91 Å². The number of piperazine rings is 2. The summed E-state index contributed by atoms with van der Waals surface area (Å²) in [5.74, 6) is 0.551. The molecule has 2 fully saturated rings. The Morgan fingerprint density at radius 1 is 1.03 bits per heavy atom. The fourth-order valence-electron chi connectivity index (χ4n) is 5.06. The minimum absolute atomic E-state index is 0.0469. The van der Waals surface area contributed by atoms with E-state index >= 15 is 0 Å². The Hall–Kier alpha value is -2.42. The minimum atomic E-state index is -0.231. The maximum Gasteiger partial charge on any atom is 0.275 e. The number of nitrogens with zero attached hydrogens (tertiary/aromatic N) is 5. The highest BCUT2D eigenvalue weighted by atomic mass is 16.3. The largest absolute Gasteiger partial charge is 0.447 e. The number of aliphatic hydroxyl groups is 1. The smallest absolute Gasteiger partial charge is 0.275 e. The van der Waals surface area contributed by atoms with Gasteiger partial charge in [-0.15, -0.1) is 0 Å². The molecular weight excluding hydrogens is 442 g/mol. The van der Waals surface area contributed by atoms with E-state index in [1.807, 2.05) is 4.90 Å². The van der Waals surface area contributed by atoms with Gasteiger partial charge in [-0.25, -0.2) is 4.98 Å². The second kappa shape index (κ2) is 12.5. The van der Waals surface area contributed by atoms with E-state index in [1.54, 1.807) is 0 Å². The topological polar surface area (TPSA) is 76.3 Å². The third-order valence-corrected chi connectivity index (χ3v) is 7.23. The molecule has 2 aromatic rings. The first-order valence-corrected chi connectivity index (χ1v) is 13.3. The third-order valence-electron chi connectivity index (χ3n) is 7.23. The monoisotopic (exact) mass is 483 g/mol. The number of oxazole rings is 1. The lowest BCUT2D eigenvalue weighted by atomic mass is 10.1. The van der Waals surface area contributed by atoms with E-state index in [-0.39, 0.29) is 12.0 Å². The molecule has 2 saturated heterocycles. The lowest BCUT2D eigenvalue weighted by molar-refractivity contribution is 0.0627. The van der Waals surface area contributed by atoms with Crippen LogP contribution in [0.25, 0.3) is 0 Å². The van der Waals surface area contributed by atoms with Crippen LogP contribution in [0.3, 0.4) is 0 Å². The van der Waals surface area contributed by atoms with Crippen molar-refractivity contribution in [2.24, 2.45) is 0 Å². The van der Waals surface area contributed by atoms with Crippen LogP contribution in [0, 0.1) is 0 Å². The van der Waals surface area contributed by atoms with E-state index < -0.39 is 0 Å². The fraction of sp³-hybridized carbons (Fsp3) is 0.630. The van der Waals surface area contributed by atoms with Crippen LogP contribution in [0.1, 0.15) is 55.1 Å². The van der Waals surface area contributed by atoms with Gasteiger partial charge in [0, 0.05) is 64.6 Å². The van der Waals surface area contributed by atoms with E-state index in [2.05, 4.69) is 57.8 Å². The normalized spacial score (nSPS) is 18.7. The van der Waals surface area contributed by atoms with Gasteiger partial charge in [-0.2, -0.15) is 0 Å². The maximum atomic E-state index is 13.0. The standard InChI is InChI=1S/C27H41N5O3/c1-3-5-9-23(33)19-29-11-13-30(14-12-29)20-26-28-24(21-35-26)27(34)32-17-15-31(16-18-32)25-10-7-6-8-22(25)4-2/h6-8,10,21,23,33H,3-5,9,11-20H2,1-2H3/t23-/m1/s1. The van der Waals surface area contributed by atoms with Crippen molar-refractivity contribution in [3.05, 3.63) is 47.7 Å². The zero-order valence-corrected chi connectivity index (χ0v) is 21.4. The average Bonchev–Trinajstić information content (AvgIpc) is 3.36. The second-order valence-corrected chi connectivity index (χ2v) is 9.76. The first kappa shape index (κ1) is 25.7. The second-order valence-electron chi connectivity index (χ2n) is 9.76. The summed E-state index contributed by atoms with van der Waals surface area (Å²) in [6, 6.07) is 8.53. The molecule has 2 aliphatic rings. The zero-order valence-electron chi connectivity index (χ0n) is 21.4. The average molecular weight is 484 g/mol. The Kier molecular flexibility index (Phi) is 9.18. The van der Waals surface area contributed by atoms with Gasteiger partial charge >= 0.3 is 0 Å². The molecule has 0 spiro atoms. The molecular formula is C27H41N5O3. The fourth-order valence-corrected chi connectivity index (χ4v) is 5.06. The van der Waals surface area contributed by atoms with Gasteiger partial charge < -0.3 is 19.3 Å². The summed E-state index contributed by atoms with van der Waals surface area (Å²) in [4.78, 5) is 26.4. The molecule has 8 nitrogen and oxygen atoms in total. The number of anilines is 1. The zero-order chi connectivity index (χ0) is 24.6. The summed E-state index contributed by atoms with van der Waals surface area (Å²) in [5, 5.41) is 10.2. The van der Waals surface area contributed by atoms with Gasteiger partial charge in [0.05, 0.1) is 12.6 Å². The van der Waals surface area contributed by atoms with Crippen molar-refractivity contribution in [3.8, 4) is 0 Å². The van der Waals surface area contributed by atoms with E-state index in [0.29, 0.717) is 31.2 Å². The quantitative estimate of drug-likeness (QED) is 0.557. The van der Waals surface area contributed by atoms with Crippen LogP contribution in [0.4, 0.5) is 5.69 Å². The summed E-state index contributed by atoms with van der Waals surface area (Å²) in [6.07, 6.45) is 5.36. The Morgan fingerprint density at radius 2 is 1.74 bits per heavy atom. The number of unbranched alkanes of at least 4 members (excludes halogenated alkanes) is 1. The van der Waals surface area contributed by atoms with Crippen LogP contribution in [0.5, 0.6) is 0 Å². The molecule has 0 saturated carbocycles. The number of amides is 1. The lowest BCUT2D eigenvalue weighted by Crippen LogP contribution is -2.49. The van der Waals surface area contributed by atoms with Crippen LogP contribution < -0.4 is 4.90 Å². The molecule has 0 aliphatic carbocycles. The number of hydrogen-bond acceptors (Lipinski definition) is 7. The van der Waals surface area contributed by atoms with Gasteiger partial charge in [-0.1, -0.05) is 44.9 Å². The highest BCUT2D eigenvalue weighted by Gasteiger charge is 2.26. The summed E-state index contributed by atoms with van der Waals surface area (Å²) in [6.45, 7) is 12.4.